The molecule has 0 spiro atoms. The second-order valence-electron chi connectivity index (χ2n) is 6.38. The summed E-state index contributed by atoms with van der Waals surface area (Å²) in [7, 11) is 1.69. The van der Waals surface area contributed by atoms with Gasteiger partial charge in [-0.3, -0.25) is 4.79 Å². The van der Waals surface area contributed by atoms with Crippen LogP contribution in [0.1, 0.15) is 28.1 Å². The van der Waals surface area contributed by atoms with Gasteiger partial charge in [0.2, 0.25) is 0 Å². The summed E-state index contributed by atoms with van der Waals surface area (Å²) >= 11 is 0. The van der Waals surface area contributed by atoms with Gasteiger partial charge in [-0.05, 0) is 57.0 Å². The second kappa shape index (κ2) is 9.20. The number of amides is 1. The van der Waals surface area contributed by atoms with Gasteiger partial charge >= 0.3 is 0 Å². The van der Waals surface area contributed by atoms with Crippen molar-refractivity contribution in [3.05, 3.63) is 52.3 Å². The average molecular weight is 357 g/mol. The molecule has 26 heavy (non-hydrogen) atoms. The number of hydrogen-bond donors (Lipinski definition) is 1. The lowest BCUT2D eigenvalue weighted by Crippen LogP contribution is -2.24. The topological polar surface area (TPSA) is 64.8 Å². The third kappa shape index (κ3) is 5.46. The Hall–Kier alpha value is -2.60. The van der Waals surface area contributed by atoms with E-state index in [4.69, 9.17) is 9.47 Å². The Morgan fingerprint density at radius 1 is 1.15 bits per heavy atom. The average Bonchev–Trinajstić information content (AvgIpc) is 2.84. The molecule has 6 heteroatoms. The van der Waals surface area contributed by atoms with Crippen LogP contribution in [0.4, 0.5) is 0 Å². The third-order valence-electron chi connectivity index (χ3n) is 4.09. The van der Waals surface area contributed by atoms with Gasteiger partial charge in [0.15, 0.2) is 6.61 Å². The van der Waals surface area contributed by atoms with Gasteiger partial charge in [0, 0.05) is 30.6 Å². The number of methoxy groups -OCH3 is 1. The summed E-state index contributed by atoms with van der Waals surface area (Å²) < 4.78 is 12.8. The Balaban J connectivity index is 1.88. The fourth-order valence-corrected chi connectivity index (χ4v) is 2.86. The van der Waals surface area contributed by atoms with Gasteiger partial charge < -0.3 is 14.0 Å². The quantitative estimate of drug-likeness (QED) is 0.584. The molecule has 2 rings (SSSR count). The van der Waals surface area contributed by atoms with Crippen LogP contribution in [0.15, 0.2) is 29.4 Å². The van der Waals surface area contributed by atoms with Crippen LogP contribution in [0.2, 0.25) is 0 Å². The van der Waals surface area contributed by atoms with Crippen LogP contribution in [0, 0.1) is 27.7 Å². The molecule has 0 aliphatic rings. The van der Waals surface area contributed by atoms with E-state index in [1.54, 1.807) is 13.3 Å². The van der Waals surface area contributed by atoms with Crippen molar-refractivity contribution in [2.24, 2.45) is 5.10 Å². The maximum atomic E-state index is 11.9. The Morgan fingerprint density at radius 2 is 1.85 bits per heavy atom. The molecule has 0 saturated carbocycles. The summed E-state index contributed by atoms with van der Waals surface area (Å²) in [5, 5.41) is 4.04. The minimum Gasteiger partial charge on any atom is -0.484 e. The van der Waals surface area contributed by atoms with E-state index in [9.17, 15) is 4.79 Å². The fourth-order valence-electron chi connectivity index (χ4n) is 2.86. The van der Waals surface area contributed by atoms with Gasteiger partial charge in [-0.2, -0.15) is 5.10 Å². The number of carbonyl (C=O) groups is 1. The van der Waals surface area contributed by atoms with Crippen molar-refractivity contribution in [3.8, 4) is 5.75 Å². The highest BCUT2D eigenvalue weighted by Crippen LogP contribution is 2.16. The molecule has 1 heterocycles. The molecule has 1 amide bonds. The zero-order valence-electron chi connectivity index (χ0n) is 16.1. The first-order valence-electron chi connectivity index (χ1n) is 8.59. The first-order chi connectivity index (χ1) is 12.4. The molecule has 140 valence electrons. The van der Waals surface area contributed by atoms with Crippen LogP contribution in [0.25, 0.3) is 0 Å². The Kier molecular flexibility index (Phi) is 6.97. The lowest BCUT2D eigenvalue weighted by atomic mass is 10.1. The monoisotopic (exact) mass is 357 g/mol. The molecule has 0 saturated heterocycles. The third-order valence-corrected chi connectivity index (χ3v) is 4.09. The summed E-state index contributed by atoms with van der Waals surface area (Å²) in [6.07, 6.45) is 1.65. The Bertz CT molecular complexity index is 774. The highest BCUT2D eigenvalue weighted by Gasteiger charge is 2.07. The summed E-state index contributed by atoms with van der Waals surface area (Å²) in [5.41, 5.74) is 7.88. The summed E-state index contributed by atoms with van der Waals surface area (Å²) in [4.78, 5) is 11.9. The smallest absolute Gasteiger partial charge is 0.277 e. The van der Waals surface area contributed by atoms with Crippen molar-refractivity contribution >= 4 is 12.1 Å². The molecule has 1 aromatic heterocycles. The van der Waals surface area contributed by atoms with Crippen LogP contribution < -0.4 is 10.2 Å². The summed E-state index contributed by atoms with van der Waals surface area (Å²) in [6.45, 7) is 9.41. The van der Waals surface area contributed by atoms with Gasteiger partial charge in [0.05, 0.1) is 12.8 Å². The fraction of sp³-hybridized carbons (Fsp3) is 0.400. The van der Waals surface area contributed by atoms with E-state index in [1.165, 1.54) is 0 Å². The predicted molar refractivity (Wildman–Crippen MR) is 103 cm³/mol. The first-order valence-corrected chi connectivity index (χ1v) is 8.59. The molecule has 0 fully saturated rings. The number of nitrogens with one attached hydrogen (secondary N) is 1. The molecule has 2 aromatic rings. The van der Waals surface area contributed by atoms with E-state index >= 15 is 0 Å². The van der Waals surface area contributed by atoms with Gasteiger partial charge in [-0.25, -0.2) is 5.43 Å². The van der Waals surface area contributed by atoms with E-state index in [0.717, 1.165) is 34.6 Å². The van der Waals surface area contributed by atoms with E-state index < -0.39 is 0 Å². The number of hydrazone groups is 1. The molecular formula is C20H27N3O3. The standard InChI is InChI=1S/C20H27N3O3/c1-14-8-15(2)10-19(9-14)26-13-20(24)22-21-12-18-11-16(3)23(17(18)4)6-7-25-5/h8-12H,6-7,13H2,1-5H3,(H,22,24). The molecule has 0 aliphatic heterocycles. The van der Waals surface area contributed by atoms with Crippen LogP contribution in [-0.4, -0.2) is 37.0 Å². The van der Waals surface area contributed by atoms with Crippen molar-refractivity contribution < 1.29 is 14.3 Å². The SMILES string of the molecule is COCCn1c(C)cc(C=NNC(=O)COc2cc(C)cc(C)c2)c1C. The number of carbonyl (C=O) groups excluding carboxylic acids is 1. The van der Waals surface area contributed by atoms with E-state index in [0.29, 0.717) is 12.4 Å². The lowest BCUT2D eigenvalue weighted by molar-refractivity contribution is -0.123. The molecular weight excluding hydrogens is 330 g/mol. The summed E-state index contributed by atoms with van der Waals surface area (Å²) in [6, 6.07) is 7.89. The molecule has 6 nitrogen and oxygen atoms in total. The number of nitrogens with zero attached hydrogens (tertiary/aromatic N) is 2. The maximum Gasteiger partial charge on any atom is 0.277 e. The molecule has 1 aromatic carbocycles. The van der Waals surface area contributed by atoms with Gasteiger partial charge in [0.25, 0.3) is 5.91 Å². The number of aryl methyl sites for hydroxylation is 3. The van der Waals surface area contributed by atoms with Crippen LogP contribution in [0.5, 0.6) is 5.75 Å². The molecule has 0 aliphatic carbocycles. The zero-order chi connectivity index (χ0) is 19.1. The van der Waals surface area contributed by atoms with E-state index in [-0.39, 0.29) is 12.5 Å². The largest absolute Gasteiger partial charge is 0.484 e. The molecule has 0 unspecified atom stereocenters. The molecule has 1 N–H and O–H groups in total. The number of benzene rings is 1. The van der Waals surface area contributed by atoms with Crippen LogP contribution >= 0.6 is 0 Å². The van der Waals surface area contributed by atoms with E-state index in [1.807, 2.05) is 45.9 Å². The highest BCUT2D eigenvalue weighted by molar-refractivity contribution is 5.84. The van der Waals surface area contributed by atoms with E-state index in [2.05, 4.69) is 21.2 Å². The van der Waals surface area contributed by atoms with Crippen molar-refractivity contribution in [2.45, 2.75) is 34.2 Å². The summed E-state index contributed by atoms with van der Waals surface area (Å²) in [5.74, 6) is 0.386. The lowest BCUT2D eigenvalue weighted by Gasteiger charge is -2.08. The van der Waals surface area contributed by atoms with Crippen LogP contribution in [0.3, 0.4) is 0 Å². The zero-order valence-corrected chi connectivity index (χ0v) is 16.1. The van der Waals surface area contributed by atoms with Crippen molar-refractivity contribution in [1.82, 2.24) is 9.99 Å². The second-order valence-corrected chi connectivity index (χ2v) is 6.38. The normalized spacial score (nSPS) is 11.1. The van der Waals surface area contributed by atoms with Crippen LogP contribution in [-0.2, 0) is 16.1 Å². The first kappa shape index (κ1) is 19.7. The van der Waals surface area contributed by atoms with Crippen molar-refractivity contribution in [1.29, 1.82) is 0 Å². The van der Waals surface area contributed by atoms with Crippen molar-refractivity contribution in [3.63, 3.8) is 0 Å². The minimum atomic E-state index is -0.298. The number of ether oxygens (including phenoxy) is 2. The Morgan fingerprint density at radius 3 is 2.50 bits per heavy atom. The van der Waals surface area contributed by atoms with Crippen molar-refractivity contribution in [2.75, 3.05) is 20.3 Å². The van der Waals surface area contributed by atoms with Gasteiger partial charge in [0.1, 0.15) is 5.75 Å². The number of aromatic nitrogens is 1. The molecule has 0 radical (unpaired) electrons. The maximum absolute atomic E-state index is 11.9. The highest BCUT2D eigenvalue weighted by atomic mass is 16.5. The predicted octanol–water partition coefficient (Wildman–Crippen LogP) is 2.90. The minimum absolute atomic E-state index is 0.0763. The van der Waals surface area contributed by atoms with Gasteiger partial charge in [-0.1, -0.05) is 6.07 Å². The number of hydrogen-bond acceptors (Lipinski definition) is 4. The number of rotatable bonds is 8. The molecule has 0 bridgehead atoms. The van der Waals surface area contributed by atoms with Gasteiger partial charge in [-0.15, -0.1) is 0 Å². The Labute approximate surface area is 154 Å². The molecule has 0 atom stereocenters.